The third-order valence-electron chi connectivity index (χ3n) is 1.95. The Kier molecular flexibility index (Phi) is 4.92. The molecule has 2 N–H and O–H groups in total. The average molecular weight is 278 g/mol. The van der Waals surface area contributed by atoms with Crippen LogP contribution in [0.15, 0.2) is 35.2 Å². The SMILES string of the molecule is O=C(O)Cl.O=S(=O)(NC1CC1)c1ccccc1. The number of halogens is 1. The molecular weight excluding hydrogens is 266 g/mol. The van der Waals surface area contributed by atoms with Gasteiger partial charge >= 0.3 is 5.43 Å². The average Bonchev–Trinajstić information content (AvgIpc) is 3.01. The Hall–Kier alpha value is -1.11. The number of nitrogens with one attached hydrogen (secondary N) is 1. The molecule has 0 spiro atoms. The van der Waals surface area contributed by atoms with E-state index < -0.39 is 15.5 Å². The maximum atomic E-state index is 11.6. The third-order valence-corrected chi connectivity index (χ3v) is 3.49. The van der Waals surface area contributed by atoms with Gasteiger partial charge in [-0.2, -0.15) is 0 Å². The van der Waals surface area contributed by atoms with Crippen molar-refractivity contribution in [1.29, 1.82) is 0 Å². The number of hydrogen-bond acceptors (Lipinski definition) is 3. The van der Waals surface area contributed by atoms with Crippen molar-refractivity contribution < 1.29 is 18.3 Å². The molecule has 5 nitrogen and oxygen atoms in total. The molecule has 0 heterocycles. The molecule has 1 aromatic carbocycles. The Labute approximate surface area is 104 Å². The lowest BCUT2D eigenvalue weighted by Gasteiger charge is -2.03. The molecule has 0 amide bonds. The van der Waals surface area contributed by atoms with Gasteiger partial charge in [-0.1, -0.05) is 18.2 Å². The molecule has 1 saturated carbocycles. The Morgan fingerprint density at radius 1 is 1.29 bits per heavy atom. The van der Waals surface area contributed by atoms with E-state index in [-0.39, 0.29) is 6.04 Å². The molecule has 0 radical (unpaired) electrons. The van der Waals surface area contributed by atoms with E-state index in [1.807, 2.05) is 0 Å². The zero-order valence-electron chi connectivity index (χ0n) is 8.84. The van der Waals surface area contributed by atoms with Gasteiger partial charge in [0.15, 0.2) is 0 Å². The summed E-state index contributed by atoms with van der Waals surface area (Å²) < 4.78 is 25.8. The highest BCUT2D eigenvalue weighted by atomic mass is 35.5. The highest BCUT2D eigenvalue weighted by Gasteiger charge is 2.27. The van der Waals surface area contributed by atoms with Gasteiger partial charge in [-0.05, 0) is 25.0 Å². The molecule has 0 aliphatic heterocycles. The number of carbonyl (C=O) groups is 1. The smallest absolute Gasteiger partial charge is 0.401 e. The first-order valence-electron chi connectivity index (χ1n) is 4.87. The van der Waals surface area contributed by atoms with Gasteiger partial charge < -0.3 is 5.11 Å². The van der Waals surface area contributed by atoms with E-state index in [0.29, 0.717) is 4.90 Å². The van der Waals surface area contributed by atoms with Gasteiger partial charge in [0.2, 0.25) is 10.0 Å². The summed E-state index contributed by atoms with van der Waals surface area (Å²) in [6, 6.07) is 8.62. The molecule has 17 heavy (non-hydrogen) atoms. The van der Waals surface area contributed by atoms with Crippen LogP contribution in [0.1, 0.15) is 12.8 Å². The van der Waals surface area contributed by atoms with Crippen molar-refractivity contribution in [2.45, 2.75) is 23.8 Å². The second-order valence-corrected chi connectivity index (χ2v) is 5.50. The number of hydrogen-bond donors (Lipinski definition) is 2. The van der Waals surface area contributed by atoms with E-state index in [1.54, 1.807) is 30.3 Å². The second-order valence-electron chi connectivity index (χ2n) is 3.46. The zero-order valence-corrected chi connectivity index (χ0v) is 10.4. The van der Waals surface area contributed by atoms with E-state index in [2.05, 4.69) is 16.3 Å². The first-order chi connectivity index (χ1) is 7.92. The zero-order chi connectivity index (χ0) is 12.9. The summed E-state index contributed by atoms with van der Waals surface area (Å²) in [5, 5.41) is 7.18. The lowest BCUT2D eigenvalue weighted by Crippen LogP contribution is -2.25. The fourth-order valence-corrected chi connectivity index (χ4v) is 2.41. The van der Waals surface area contributed by atoms with Crippen LogP contribution in [-0.2, 0) is 10.0 Å². The van der Waals surface area contributed by atoms with E-state index >= 15 is 0 Å². The first kappa shape index (κ1) is 14.0. The third kappa shape index (κ3) is 5.67. The first-order valence-corrected chi connectivity index (χ1v) is 6.74. The van der Waals surface area contributed by atoms with E-state index in [0.717, 1.165) is 12.8 Å². The quantitative estimate of drug-likeness (QED) is 0.828. The molecule has 1 aliphatic carbocycles. The van der Waals surface area contributed by atoms with Crippen LogP contribution in [0.25, 0.3) is 0 Å². The van der Waals surface area contributed by atoms with Crippen LogP contribution >= 0.6 is 11.6 Å². The molecule has 0 bridgehead atoms. The van der Waals surface area contributed by atoms with Gasteiger partial charge in [0.1, 0.15) is 0 Å². The van der Waals surface area contributed by atoms with Crippen LogP contribution in [0.4, 0.5) is 4.79 Å². The Morgan fingerprint density at radius 3 is 2.18 bits per heavy atom. The van der Waals surface area contributed by atoms with Crippen LogP contribution in [0.3, 0.4) is 0 Å². The molecule has 1 aliphatic rings. The van der Waals surface area contributed by atoms with Crippen molar-refractivity contribution in [3.63, 3.8) is 0 Å². The Balaban J connectivity index is 0.000000317. The minimum Gasteiger partial charge on any atom is -0.469 e. The van der Waals surface area contributed by atoms with Gasteiger partial charge in [0, 0.05) is 17.6 Å². The summed E-state index contributed by atoms with van der Waals surface area (Å²) in [5.41, 5.74) is -1.36. The van der Waals surface area contributed by atoms with Crippen molar-refractivity contribution in [2.75, 3.05) is 0 Å². The number of sulfonamides is 1. The lowest BCUT2D eigenvalue weighted by atomic mass is 10.4. The highest BCUT2D eigenvalue weighted by molar-refractivity contribution is 7.89. The molecule has 7 heteroatoms. The van der Waals surface area contributed by atoms with Crippen LogP contribution in [0.2, 0.25) is 0 Å². The van der Waals surface area contributed by atoms with Gasteiger partial charge in [0.05, 0.1) is 4.90 Å². The summed E-state index contributed by atoms with van der Waals surface area (Å²) >= 11 is 4.19. The van der Waals surface area contributed by atoms with Crippen LogP contribution in [0.5, 0.6) is 0 Å². The molecule has 1 fully saturated rings. The Morgan fingerprint density at radius 2 is 1.76 bits per heavy atom. The van der Waals surface area contributed by atoms with Gasteiger partial charge in [-0.15, -0.1) is 0 Å². The molecule has 94 valence electrons. The van der Waals surface area contributed by atoms with E-state index in [4.69, 9.17) is 9.90 Å². The maximum Gasteiger partial charge on any atom is 0.401 e. The topological polar surface area (TPSA) is 83.5 Å². The van der Waals surface area contributed by atoms with E-state index in [9.17, 15) is 8.42 Å². The predicted octanol–water partition coefficient (Wildman–Crippen LogP) is 2.03. The van der Waals surface area contributed by atoms with Crippen molar-refractivity contribution in [2.24, 2.45) is 0 Å². The van der Waals surface area contributed by atoms with Crippen LogP contribution in [-0.4, -0.2) is 25.0 Å². The van der Waals surface area contributed by atoms with Crippen molar-refractivity contribution in [3.8, 4) is 0 Å². The minimum absolute atomic E-state index is 0.171. The number of benzene rings is 1. The van der Waals surface area contributed by atoms with Crippen LogP contribution < -0.4 is 4.72 Å². The van der Waals surface area contributed by atoms with Crippen LogP contribution in [0, 0.1) is 0 Å². The van der Waals surface area contributed by atoms with Gasteiger partial charge in [-0.3, -0.25) is 0 Å². The fourth-order valence-electron chi connectivity index (χ4n) is 1.09. The van der Waals surface area contributed by atoms with Crippen molar-refractivity contribution >= 4 is 27.1 Å². The summed E-state index contributed by atoms with van der Waals surface area (Å²) in [7, 11) is -3.25. The lowest BCUT2D eigenvalue weighted by molar-refractivity contribution is 0.220. The molecule has 0 aromatic heterocycles. The number of rotatable bonds is 3. The van der Waals surface area contributed by atoms with Gasteiger partial charge in [-0.25, -0.2) is 17.9 Å². The maximum absolute atomic E-state index is 11.6. The summed E-state index contributed by atoms with van der Waals surface area (Å²) in [6.07, 6.45) is 1.93. The molecule has 0 atom stereocenters. The van der Waals surface area contributed by atoms with Crippen molar-refractivity contribution in [3.05, 3.63) is 30.3 Å². The second kappa shape index (κ2) is 6.00. The Bertz CT molecular complexity index is 466. The summed E-state index contributed by atoms with van der Waals surface area (Å²) in [6.45, 7) is 0. The normalized spacial score (nSPS) is 14.6. The fraction of sp³-hybridized carbons (Fsp3) is 0.300. The molecule has 1 aromatic rings. The molecule has 2 rings (SSSR count). The minimum atomic E-state index is -3.25. The summed E-state index contributed by atoms with van der Waals surface area (Å²) in [5.74, 6) is 0. The molecular formula is C10H12ClNO4S. The van der Waals surface area contributed by atoms with Gasteiger partial charge in [0.25, 0.3) is 0 Å². The monoisotopic (exact) mass is 277 g/mol. The molecule has 0 saturated heterocycles. The molecule has 0 unspecified atom stereocenters. The number of carboxylic acid groups (broad SMARTS) is 1. The van der Waals surface area contributed by atoms with E-state index in [1.165, 1.54) is 0 Å². The van der Waals surface area contributed by atoms with Crippen molar-refractivity contribution in [1.82, 2.24) is 4.72 Å². The predicted molar refractivity (Wildman–Crippen MR) is 63.7 cm³/mol. The summed E-state index contributed by atoms with van der Waals surface area (Å²) in [4.78, 5) is 9.11. The highest BCUT2D eigenvalue weighted by Crippen LogP contribution is 2.21. The standard InChI is InChI=1S/C9H11NO2S.CHClO2/c11-13(12,10-8-6-7-8)9-4-2-1-3-5-9;2-1(3)4/h1-5,8,10H,6-7H2;(H,3,4). The largest absolute Gasteiger partial charge is 0.469 e.